The summed E-state index contributed by atoms with van der Waals surface area (Å²) in [5.41, 5.74) is 5.77. The molecule has 0 radical (unpaired) electrons. The Balaban J connectivity index is 1.26. The number of imidazole rings is 1. The number of hydrogen-bond donors (Lipinski definition) is 1. The van der Waals surface area contributed by atoms with E-state index in [9.17, 15) is 9.59 Å². The van der Waals surface area contributed by atoms with Gasteiger partial charge < -0.3 is 9.88 Å². The fraction of sp³-hybridized carbons (Fsp3) is 0.391. The van der Waals surface area contributed by atoms with Crippen LogP contribution in [0.2, 0.25) is 0 Å². The van der Waals surface area contributed by atoms with Crippen molar-refractivity contribution in [3.8, 4) is 0 Å². The van der Waals surface area contributed by atoms with Gasteiger partial charge in [-0.1, -0.05) is 30.3 Å². The average molecular weight is 375 g/mol. The van der Waals surface area contributed by atoms with Gasteiger partial charge in [0, 0.05) is 19.1 Å². The normalized spacial score (nSPS) is 17.2. The van der Waals surface area contributed by atoms with Gasteiger partial charge in [-0.3, -0.25) is 9.36 Å². The lowest BCUT2D eigenvalue weighted by molar-refractivity contribution is -0.131. The van der Waals surface area contributed by atoms with Gasteiger partial charge >= 0.3 is 5.69 Å². The Morgan fingerprint density at radius 1 is 1.04 bits per heavy atom. The number of H-pyrrole nitrogens is 1. The molecule has 0 bridgehead atoms. The number of likely N-dealkylation sites (tertiary alicyclic amines) is 1. The Bertz CT molecular complexity index is 1090. The number of benzene rings is 2. The maximum Gasteiger partial charge on any atom is 0.326 e. The van der Waals surface area contributed by atoms with E-state index in [0.29, 0.717) is 19.5 Å². The summed E-state index contributed by atoms with van der Waals surface area (Å²) in [5.74, 6) is 0.197. The molecule has 28 heavy (non-hydrogen) atoms. The van der Waals surface area contributed by atoms with Crippen LogP contribution in [0.5, 0.6) is 0 Å². The molecule has 1 aromatic heterocycles. The minimum absolute atomic E-state index is 0.0517. The van der Waals surface area contributed by atoms with E-state index in [1.54, 1.807) is 0 Å². The van der Waals surface area contributed by atoms with Crippen LogP contribution in [0.4, 0.5) is 0 Å². The number of aryl methyl sites for hydroxylation is 2. The first-order valence-corrected chi connectivity index (χ1v) is 10.3. The fourth-order valence-electron chi connectivity index (χ4n) is 4.83. The van der Waals surface area contributed by atoms with Crippen molar-refractivity contribution in [1.29, 1.82) is 0 Å². The lowest BCUT2D eigenvalue weighted by atomic mass is 10.0. The number of para-hydroxylation sites is 2. The largest absolute Gasteiger partial charge is 0.342 e. The predicted octanol–water partition coefficient (Wildman–Crippen LogP) is 3.22. The highest BCUT2D eigenvalue weighted by Gasteiger charge is 2.26. The van der Waals surface area contributed by atoms with Gasteiger partial charge in [0.2, 0.25) is 5.91 Å². The average Bonchev–Trinajstić information content (AvgIpc) is 3.31. The number of aromatic amines is 1. The summed E-state index contributed by atoms with van der Waals surface area (Å²) in [5, 5.41) is 0. The SMILES string of the molecule is O=C(Cc1ccc2c(c1)CCC2)N1CCC(n2c(=O)[nH]c3ccccc32)CC1. The predicted molar refractivity (Wildman–Crippen MR) is 110 cm³/mol. The topological polar surface area (TPSA) is 58.1 Å². The third-order valence-electron chi connectivity index (χ3n) is 6.32. The Morgan fingerprint density at radius 3 is 2.68 bits per heavy atom. The van der Waals surface area contributed by atoms with Crippen molar-refractivity contribution in [3.05, 3.63) is 69.6 Å². The molecule has 1 amide bonds. The van der Waals surface area contributed by atoms with Gasteiger partial charge in [0.1, 0.15) is 0 Å². The van der Waals surface area contributed by atoms with Crippen LogP contribution in [0.15, 0.2) is 47.3 Å². The number of nitrogens with one attached hydrogen (secondary N) is 1. The number of fused-ring (bicyclic) bond motifs is 2. The molecular weight excluding hydrogens is 350 g/mol. The molecule has 2 aromatic carbocycles. The van der Waals surface area contributed by atoms with Crippen molar-refractivity contribution in [2.75, 3.05) is 13.1 Å². The molecule has 2 heterocycles. The van der Waals surface area contributed by atoms with Crippen LogP contribution in [-0.2, 0) is 24.1 Å². The number of carbonyl (C=O) groups is 1. The molecule has 1 fully saturated rings. The molecule has 144 valence electrons. The van der Waals surface area contributed by atoms with E-state index < -0.39 is 0 Å². The van der Waals surface area contributed by atoms with Gasteiger partial charge in [0.05, 0.1) is 17.5 Å². The summed E-state index contributed by atoms with van der Waals surface area (Å²) < 4.78 is 1.87. The molecule has 0 unspecified atom stereocenters. The van der Waals surface area contributed by atoms with Gasteiger partial charge in [-0.05, 0) is 60.9 Å². The number of nitrogens with zero attached hydrogens (tertiary/aromatic N) is 2. The lowest BCUT2D eigenvalue weighted by Gasteiger charge is -2.32. The third kappa shape index (κ3) is 3.05. The lowest BCUT2D eigenvalue weighted by Crippen LogP contribution is -2.41. The Labute approximate surface area is 164 Å². The van der Waals surface area contributed by atoms with Crippen LogP contribution in [-0.4, -0.2) is 33.4 Å². The number of amides is 1. The number of aromatic nitrogens is 2. The first-order valence-electron chi connectivity index (χ1n) is 10.3. The van der Waals surface area contributed by atoms with Crippen LogP contribution in [0, 0.1) is 0 Å². The molecule has 3 aromatic rings. The highest BCUT2D eigenvalue weighted by Crippen LogP contribution is 2.26. The Hall–Kier alpha value is -2.82. The minimum atomic E-state index is -0.0517. The number of rotatable bonds is 3. The molecule has 1 aliphatic heterocycles. The molecule has 0 saturated carbocycles. The standard InChI is InChI=1S/C23H25N3O2/c27-22(15-16-8-9-17-4-3-5-18(17)14-16)25-12-10-19(11-13-25)26-21-7-2-1-6-20(21)24-23(26)28/h1-2,6-9,14,19H,3-5,10-13,15H2,(H,24,28). The number of carbonyl (C=O) groups excluding carboxylic acids is 1. The van der Waals surface area contributed by atoms with E-state index in [4.69, 9.17) is 0 Å². The van der Waals surface area contributed by atoms with Crippen molar-refractivity contribution in [2.24, 2.45) is 0 Å². The van der Waals surface area contributed by atoms with Crippen LogP contribution in [0.25, 0.3) is 11.0 Å². The van der Waals surface area contributed by atoms with Crippen LogP contribution >= 0.6 is 0 Å². The number of piperidine rings is 1. The number of hydrogen-bond acceptors (Lipinski definition) is 2. The van der Waals surface area contributed by atoms with Crippen LogP contribution in [0.3, 0.4) is 0 Å². The van der Waals surface area contributed by atoms with Gasteiger partial charge in [-0.25, -0.2) is 4.79 Å². The van der Waals surface area contributed by atoms with Gasteiger partial charge in [0.25, 0.3) is 0 Å². The van der Waals surface area contributed by atoms with Crippen LogP contribution in [0.1, 0.15) is 42.0 Å². The zero-order chi connectivity index (χ0) is 19.1. The molecule has 0 spiro atoms. The van der Waals surface area contributed by atoms with E-state index in [-0.39, 0.29) is 17.6 Å². The summed E-state index contributed by atoms with van der Waals surface area (Å²) in [4.78, 5) is 30.1. The summed E-state index contributed by atoms with van der Waals surface area (Å²) >= 11 is 0. The zero-order valence-corrected chi connectivity index (χ0v) is 16.0. The third-order valence-corrected chi connectivity index (χ3v) is 6.32. The van der Waals surface area contributed by atoms with Crippen LogP contribution < -0.4 is 5.69 Å². The molecule has 5 nitrogen and oxygen atoms in total. The monoisotopic (exact) mass is 375 g/mol. The summed E-state index contributed by atoms with van der Waals surface area (Å²) in [6.07, 6.45) is 5.65. The maximum absolute atomic E-state index is 12.8. The molecule has 1 saturated heterocycles. The van der Waals surface area contributed by atoms with E-state index >= 15 is 0 Å². The summed E-state index contributed by atoms with van der Waals surface area (Å²) in [6.45, 7) is 1.42. The zero-order valence-electron chi connectivity index (χ0n) is 16.0. The van der Waals surface area contributed by atoms with Crippen molar-refractivity contribution < 1.29 is 4.79 Å². The van der Waals surface area contributed by atoms with Crippen molar-refractivity contribution in [1.82, 2.24) is 14.5 Å². The highest BCUT2D eigenvalue weighted by molar-refractivity contribution is 5.79. The van der Waals surface area contributed by atoms with Crippen molar-refractivity contribution in [2.45, 2.75) is 44.6 Å². The van der Waals surface area contributed by atoms with Gasteiger partial charge in [-0.2, -0.15) is 0 Å². The van der Waals surface area contributed by atoms with Gasteiger partial charge in [0.15, 0.2) is 0 Å². The first-order chi connectivity index (χ1) is 13.7. The smallest absolute Gasteiger partial charge is 0.326 e. The molecular formula is C23H25N3O2. The summed E-state index contributed by atoms with van der Waals surface area (Å²) in [6, 6.07) is 14.5. The molecule has 1 aliphatic carbocycles. The molecule has 1 N–H and O–H groups in total. The summed E-state index contributed by atoms with van der Waals surface area (Å²) in [7, 11) is 0. The Kier molecular flexibility index (Phi) is 4.30. The maximum atomic E-state index is 12.8. The van der Waals surface area contributed by atoms with E-state index in [1.807, 2.05) is 33.7 Å². The molecule has 2 aliphatic rings. The Morgan fingerprint density at radius 2 is 1.82 bits per heavy atom. The van der Waals surface area contributed by atoms with E-state index in [0.717, 1.165) is 35.9 Å². The second-order valence-electron chi connectivity index (χ2n) is 8.06. The first kappa shape index (κ1) is 17.3. The molecule has 5 heteroatoms. The quantitative estimate of drug-likeness (QED) is 0.764. The van der Waals surface area contributed by atoms with Crippen molar-refractivity contribution >= 4 is 16.9 Å². The molecule has 0 atom stereocenters. The minimum Gasteiger partial charge on any atom is -0.342 e. The van der Waals surface area contributed by atoms with E-state index in [1.165, 1.54) is 24.0 Å². The second kappa shape index (κ2) is 6.97. The highest BCUT2D eigenvalue weighted by atomic mass is 16.2. The fourth-order valence-corrected chi connectivity index (χ4v) is 4.83. The van der Waals surface area contributed by atoms with E-state index in [2.05, 4.69) is 23.2 Å². The second-order valence-corrected chi connectivity index (χ2v) is 8.06. The molecule has 5 rings (SSSR count). The van der Waals surface area contributed by atoms with Crippen molar-refractivity contribution in [3.63, 3.8) is 0 Å². The van der Waals surface area contributed by atoms with Gasteiger partial charge in [-0.15, -0.1) is 0 Å².